The number of aldehydes is 1. The maximum atomic E-state index is 10.8. The number of amidine groups is 1. The zero-order valence-corrected chi connectivity index (χ0v) is 18.5. The van der Waals surface area contributed by atoms with Crippen molar-refractivity contribution in [1.82, 2.24) is 9.38 Å². The summed E-state index contributed by atoms with van der Waals surface area (Å²) in [6.07, 6.45) is 5.99. The van der Waals surface area contributed by atoms with Gasteiger partial charge in [-0.15, -0.1) is 0 Å². The van der Waals surface area contributed by atoms with Crippen LogP contribution in [0.4, 0.5) is 0 Å². The van der Waals surface area contributed by atoms with E-state index in [1.807, 2.05) is 62.6 Å². The number of aromatic nitrogens is 2. The Morgan fingerprint density at radius 2 is 1.97 bits per heavy atom. The number of hydrogen-bond donors (Lipinski definition) is 2. The van der Waals surface area contributed by atoms with Crippen LogP contribution in [-0.4, -0.2) is 33.7 Å². The Bertz CT molecular complexity index is 1190. The minimum absolute atomic E-state index is 0.251. The number of nitrogens with zero attached hydrogens (tertiary/aromatic N) is 3. The predicted molar refractivity (Wildman–Crippen MR) is 125 cm³/mol. The van der Waals surface area contributed by atoms with Gasteiger partial charge in [-0.1, -0.05) is 44.9 Å². The number of imidazole rings is 1. The third kappa shape index (κ3) is 6.58. The zero-order valence-electron chi connectivity index (χ0n) is 18.5. The summed E-state index contributed by atoms with van der Waals surface area (Å²) >= 11 is 0. The van der Waals surface area contributed by atoms with Crippen LogP contribution in [0.15, 0.2) is 65.6 Å². The van der Waals surface area contributed by atoms with E-state index in [-0.39, 0.29) is 11.2 Å². The van der Waals surface area contributed by atoms with Crippen LogP contribution in [0.3, 0.4) is 0 Å². The van der Waals surface area contributed by atoms with Gasteiger partial charge in [-0.25, -0.2) is 4.98 Å². The number of nitrogens with two attached hydrogens (primary N) is 1. The lowest BCUT2D eigenvalue weighted by molar-refractivity contribution is 0.112. The highest BCUT2D eigenvalue weighted by Gasteiger charge is 2.15. The zero-order chi connectivity index (χ0) is 23.0. The number of allylic oxidation sites excluding steroid dienone is 1. The summed E-state index contributed by atoms with van der Waals surface area (Å²) in [7, 11) is 1.59. The molecule has 0 fully saturated rings. The summed E-state index contributed by atoms with van der Waals surface area (Å²) in [5.74, 6) is 6.82. The molecular formula is C25H28N4O2. The summed E-state index contributed by atoms with van der Waals surface area (Å²) in [5.41, 5.74) is 9.38. The normalized spacial score (nSPS) is 11.9. The molecule has 0 atom stereocenters. The molecule has 0 aliphatic rings. The van der Waals surface area contributed by atoms with E-state index in [2.05, 4.69) is 21.8 Å². The van der Waals surface area contributed by atoms with Crippen molar-refractivity contribution in [2.75, 3.05) is 7.05 Å². The van der Waals surface area contributed by atoms with E-state index in [1.54, 1.807) is 25.4 Å². The van der Waals surface area contributed by atoms with Crippen molar-refractivity contribution in [3.05, 3.63) is 83.0 Å². The lowest BCUT2D eigenvalue weighted by Crippen LogP contribution is -2.14. The highest BCUT2D eigenvalue weighted by Crippen LogP contribution is 2.21. The number of carbonyl (C=O) groups excluding carboxylic acids is 1. The molecule has 0 radical (unpaired) electrons. The van der Waals surface area contributed by atoms with E-state index in [1.165, 1.54) is 6.08 Å². The van der Waals surface area contributed by atoms with Crippen molar-refractivity contribution in [2.45, 2.75) is 27.7 Å². The molecule has 3 N–H and O–H groups in total. The van der Waals surface area contributed by atoms with Crippen LogP contribution in [0, 0.1) is 24.2 Å². The Labute approximate surface area is 183 Å². The Balaban J connectivity index is 0.000000267. The van der Waals surface area contributed by atoms with Gasteiger partial charge in [0.25, 0.3) is 0 Å². The molecule has 2 aromatic heterocycles. The third-order valence-electron chi connectivity index (χ3n) is 4.45. The minimum Gasteiger partial charge on any atom is -0.512 e. The average Bonchev–Trinajstić information content (AvgIpc) is 3.16. The van der Waals surface area contributed by atoms with E-state index in [0.717, 1.165) is 28.8 Å². The predicted octanol–water partition coefficient (Wildman–Crippen LogP) is 4.32. The fraction of sp³-hybridized carbons (Fsp3) is 0.240. The van der Waals surface area contributed by atoms with Crippen LogP contribution in [0.2, 0.25) is 0 Å². The molecule has 1 aromatic carbocycles. The first kappa shape index (κ1) is 23.4. The first-order chi connectivity index (χ1) is 14.7. The number of aliphatic hydroxyl groups excluding tert-OH is 1. The SMILES string of the molecule is CN=C(N)/C=C(\O)C(C)(C)C.Cc1ccc(C=O)cc1C#Cc1cnc2ccccn12. The maximum absolute atomic E-state index is 10.8. The minimum atomic E-state index is -0.255. The summed E-state index contributed by atoms with van der Waals surface area (Å²) in [5, 5.41) is 9.39. The molecule has 31 heavy (non-hydrogen) atoms. The van der Waals surface area contributed by atoms with E-state index in [4.69, 9.17) is 5.73 Å². The number of pyridine rings is 1. The number of carbonyl (C=O) groups is 1. The Kier molecular flexibility index (Phi) is 7.75. The van der Waals surface area contributed by atoms with Crippen LogP contribution in [0.5, 0.6) is 0 Å². The van der Waals surface area contributed by atoms with Crippen LogP contribution < -0.4 is 5.73 Å². The molecule has 0 saturated heterocycles. The van der Waals surface area contributed by atoms with Gasteiger partial charge in [-0.3, -0.25) is 14.2 Å². The van der Waals surface area contributed by atoms with E-state index >= 15 is 0 Å². The van der Waals surface area contributed by atoms with Gasteiger partial charge >= 0.3 is 0 Å². The smallest absolute Gasteiger partial charge is 0.150 e. The van der Waals surface area contributed by atoms with Gasteiger partial charge in [-0.2, -0.15) is 0 Å². The van der Waals surface area contributed by atoms with Gasteiger partial charge in [0.05, 0.1) is 6.20 Å². The van der Waals surface area contributed by atoms with Crippen LogP contribution in [0.25, 0.3) is 5.65 Å². The molecule has 2 heterocycles. The number of benzene rings is 1. The quantitative estimate of drug-likeness (QED) is 0.214. The molecule has 3 rings (SSSR count). The molecular weight excluding hydrogens is 388 g/mol. The largest absolute Gasteiger partial charge is 0.512 e. The number of hydrogen-bond acceptors (Lipinski definition) is 4. The molecule has 0 unspecified atom stereocenters. The first-order valence-electron chi connectivity index (χ1n) is 9.79. The van der Waals surface area contributed by atoms with Gasteiger partial charge in [-0.05, 0) is 36.6 Å². The molecule has 6 heteroatoms. The molecule has 6 nitrogen and oxygen atoms in total. The Morgan fingerprint density at radius 1 is 1.23 bits per heavy atom. The molecule has 0 saturated carbocycles. The second-order valence-corrected chi connectivity index (χ2v) is 7.94. The molecule has 160 valence electrons. The number of aliphatic hydroxyl groups is 1. The van der Waals surface area contributed by atoms with Crippen molar-refractivity contribution >= 4 is 17.8 Å². The standard InChI is InChI=1S/C17H12N2O.C8H16N2O/c1-13-5-6-14(12-20)10-15(13)7-8-16-11-18-17-4-2-3-9-19(16)17;1-8(2,3)6(11)5-7(9)10-4/h2-6,9-12H,1H3;5,11H,1-4H3,(H2,9,10)/b;6-5-. The average molecular weight is 417 g/mol. The lowest BCUT2D eigenvalue weighted by Gasteiger charge is -2.16. The highest BCUT2D eigenvalue weighted by molar-refractivity contribution is 5.91. The molecule has 3 aromatic rings. The van der Waals surface area contributed by atoms with Crippen LogP contribution in [0.1, 0.15) is 48.0 Å². The molecule has 0 aliphatic heterocycles. The third-order valence-corrected chi connectivity index (χ3v) is 4.45. The number of rotatable bonds is 2. The van der Waals surface area contributed by atoms with Gasteiger partial charge < -0.3 is 10.8 Å². The second-order valence-electron chi connectivity index (χ2n) is 7.94. The monoisotopic (exact) mass is 416 g/mol. The lowest BCUT2D eigenvalue weighted by atomic mass is 9.93. The molecule has 0 bridgehead atoms. The molecule has 0 aliphatic carbocycles. The number of aliphatic imine (C=N–C) groups is 1. The van der Waals surface area contributed by atoms with Crippen molar-refractivity contribution < 1.29 is 9.90 Å². The van der Waals surface area contributed by atoms with Crippen molar-refractivity contribution in [2.24, 2.45) is 16.1 Å². The van der Waals surface area contributed by atoms with E-state index < -0.39 is 0 Å². The van der Waals surface area contributed by atoms with E-state index in [0.29, 0.717) is 11.4 Å². The summed E-state index contributed by atoms with van der Waals surface area (Å²) in [6.45, 7) is 7.69. The molecule has 0 amide bonds. The summed E-state index contributed by atoms with van der Waals surface area (Å²) in [6, 6.07) is 11.3. The topological polar surface area (TPSA) is 93.0 Å². The summed E-state index contributed by atoms with van der Waals surface area (Å²) in [4.78, 5) is 18.8. The first-order valence-corrected chi connectivity index (χ1v) is 9.79. The fourth-order valence-electron chi connectivity index (χ4n) is 2.43. The second kappa shape index (κ2) is 10.3. The van der Waals surface area contributed by atoms with Gasteiger partial charge in [0.1, 0.15) is 29.2 Å². The van der Waals surface area contributed by atoms with Gasteiger partial charge in [0.15, 0.2) is 0 Å². The summed E-state index contributed by atoms with van der Waals surface area (Å²) < 4.78 is 1.94. The number of fused-ring (bicyclic) bond motifs is 1. The van der Waals surface area contributed by atoms with E-state index in [9.17, 15) is 9.90 Å². The van der Waals surface area contributed by atoms with Gasteiger partial charge in [0.2, 0.25) is 0 Å². The van der Waals surface area contributed by atoms with Crippen LogP contribution in [-0.2, 0) is 0 Å². The Morgan fingerprint density at radius 3 is 2.61 bits per heavy atom. The fourth-order valence-corrected chi connectivity index (χ4v) is 2.43. The van der Waals surface area contributed by atoms with Crippen molar-refractivity contribution in [3.8, 4) is 11.8 Å². The number of aryl methyl sites for hydroxylation is 1. The highest BCUT2D eigenvalue weighted by atomic mass is 16.3. The van der Waals surface area contributed by atoms with Crippen molar-refractivity contribution in [1.29, 1.82) is 0 Å². The van der Waals surface area contributed by atoms with Crippen LogP contribution >= 0.6 is 0 Å². The maximum Gasteiger partial charge on any atom is 0.150 e. The molecule has 0 spiro atoms. The van der Waals surface area contributed by atoms with Gasteiger partial charge in [0, 0.05) is 35.9 Å². The van der Waals surface area contributed by atoms with Crippen molar-refractivity contribution in [3.63, 3.8) is 0 Å². The Hall–Kier alpha value is -3.85.